The number of benzene rings is 2. The molecule has 3 nitrogen and oxygen atoms in total. The zero-order valence-corrected chi connectivity index (χ0v) is 8.55. The quantitative estimate of drug-likeness (QED) is 0.683. The predicted octanol–water partition coefficient (Wildman–Crippen LogP) is 2.34. The van der Waals surface area contributed by atoms with Crippen LogP contribution in [0.1, 0.15) is 0 Å². The van der Waals surface area contributed by atoms with Gasteiger partial charge in [0.2, 0.25) is 0 Å². The van der Waals surface area contributed by atoms with E-state index in [0.717, 1.165) is 28.9 Å². The lowest BCUT2D eigenvalue weighted by atomic mass is 10.1. The van der Waals surface area contributed by atoms with Crippen molar-refractivity contribution in [1.29, 1.82) is 0 Å². The summed E-state index contributed by atoms with van der Waals surface area (Å²) in [6.07, 6.45) is -0.241. The molecule has 3 heterocycles. The summed E-state index contributed by atoms with van der Waals surface area (Å²) in [4.78, 5) is 0. The first-order valence-electron chi connectivity index (χ1n) is 5.38. The molecular weight excluding hydrogens is 204 g/mol. The summed E-state index contributed by atoms with van der Waals surface area (Å²) < 4.78 is 16.8. The van der Waals surface area contributed by atoms with Gasteiger partial charge in [-0.3, -0.25) is 0 Å². The van der Waals surface area contributed by atoms with Gasteiger partial charge in [0.1, 0.15) is 11.5 Å². The Labute approximate surface area is 92.5 Å². The van der Waals surface area contributed by atoms with Crippen LogP contribution in [0.25, 0.3) is 10.8 Å². The van der Waals surface area contributed by atoms with Crippen molar-refractivity contribution in [2.24, 2.45) is 0 Å². The van der Waals surface area contributed by atoms with E-state index in [-0.39, 0.29) is 12.4 Å². The van der Waals surface area contributed by atoms with Crippen molar-refractivity contribution >= 4 is 10.8 Å². The van der Waals surface area contributed by atoms with Crippen LogP contribution in [-0.4, -0.2) is 19.0 Å². The molecular formula is C13H10O3. The third kappa shape index (κ3) is 1.18. The van der Waals surface area contributed by atoms with Crippen LogP contribution in [0.2, 0.25) is 0 Å². The van der Waals surface area contributed by atoms with E-state index in [2.05, 4.69) is 6.07 Å². The Kier molecular flexibility index (Phi) is 1.52. The van der Waals surface area contributed by atoms with Gasteiger partial charge in [0.15, 0.2) is 6.10 Å². The largest absolute Gasteiger partial charge is 0.452 e. The van der Waals surface area contributed by atoms with Gasteiger partial charge in [-0.25, -0.2) is 0 Å². The molecule has 5 rings (SSSR count). The highest BCUT2D eigenvalue weighted by Gasteiger charge is 2.37. The summed E-state index contributed by atoms with van der Waals surface area (Å²) in [7, 11) is 0. The van der Waals surface area contributed by atoms with E-state index in [9.17, 15) is 0 Å². The molecule has 0 spiro atoms. The summed E-state index contributed by atoms with van der Waals surface area (Å²) in [5.74, 6) is 1.70. The molecule has 1 saturated heterocycles. The summed E-state index contributed by atoms with van der Waals surface area (Å²) in [5.41, 5.74) is 0. The molecule has 0 saturated carbocycles. The average molecular weight is 214 g/mol. The van der Waals surface area contributed by atoms with Crippen LogP contribution in [0.3, 0.4) is 0 Å². The van der Waals surface area contributed by atoms with E-state index in [0.29, 0.717) is 0 Å². The Bertz CT molecular complexity index is 560. The molecule has 3 aliphatic heterocycles. The number of fused-ring (bicyclic) bond motifs is 3. The molecule has 0 N–H and O–H groups in total. The van der Waals surface area contributed by atoms with Gasteiger partial charge in [0, 0.05) is 5.39 Å². The molecule has 16 heavy (non-hydrogen) atoms. The normalized spacial score (nSPS) is 26.0. The first-order chi connectivity index (χ1) is 7.90. The van der Waals surface area contributed by atoms with Gasteiger partial charge in [0.25, 0.3) is 6.29 Å². The number of rotatable bonds is 1. The van der Waals surface area contributed by atoms with E-state index < -0.39 is 0 Å². The molecule has 2 aromatic carbocycles. The fraction of sp³-hybridized carbons (Fsp3) is 0.231. The highest BCUT2D eigenvalue weighted by Crippen LogP contribution is 2.34. The topological polar surface area (TPSA) is 31.0 Å². The van der Waals surface area contributed by atoms with Crippen LogP contribution < -0.4 is 9.47 Å². The molecule has 80 valence electrons. The molecule has 1 fully saturated rings. The summed E-state index contributed by atoms with van der Waals surface area (Å²) in [6, 6.07) is 12.1. The minimum atomic E-state index is -0.314. The van der Waals surface area contributed by atoms with Crippen LogP contribution in [0.4, 0.5) is 0 Å². The van der Waals surface area contributed by atoms with E-state index in [1.807, 2.05) is 30.3 Å². The predicted molar refractivity (Wildman–Crippen MR) is 58.7 cm³/mol. The lowest BCUT2D eigenvalue weighted by molar-refractivity contribution is -0.0152. The zero-order chi connectivity index (χ0) is 10.5. The van der Waals surface area contributed by atoms with E-state index in [1.165, 1.54) is 0 Å². The highest BCUT2D eigenvalue weighted by molar-refractivity contribution is 5.89. The Morgan fingerprint density at radius 1 is 1.06 bits per heavy atom. The average Bonchev–Trinajstić information content (AvgIpc) is 3.09. The van der Waals surface area contributed by atoms with Crippen LogP contribution in [0, 0.1) is 0 Å². The lowest BCUT2D eigenvalue weighted by Gasteiger charge is -2.23. The Hall–Kier alpha value is -1.74. The lowest BCUT2D eigenvalue weighted by Crippen LogP contribution is -2.30. The molecule has 3 heteroatoms. The molecule has 2 atom stereocenters. The minimum absolute atomic E-state index is 0.0736. The molecule has 2 aromatic rings. The number of epoxide rings is 1. The van der Waals surface area contributed by atoms with Crippen molar-refractivity contribution in [3.63, 3.8) is 0 Å². The summed E-state index contributed by atoms with van der Waals surface area (Å²) in [6.45, 7) is 0.719. The fourth-order valence-corrected chi connectivity index (χ4v) is 2.06. The summed E-state index contributed by atoms with van der Waals surface area (Å²) in [5, 5.41) is 2.27. The second kappa shape index (κ2) is 2.89. The van der Waals surface area contributed by atoms with Crippen molar-refractivity contribution in [3.05, 3.63) is 36.4 Å². The smallest absolute Gasteiger partial charge is 0.269 e. The van der Waals surface area contributed by atoms with Crippen molar-refractivity contribution in [2.75, 3.05) is 6.61 Å². The van der Waals surface area contributed by atoms with Crippen LogP contribution in [-0.2, 0) is 4.74 Å². The Morgan fingerprint density at radius 3 is 2.88 bits per heavy atom. The van der Waals surface area contributed by atoms with Gasteiger partial charge in [-0.15, -0.1) is 0 Å². The zero-order valence-electron chi connectivity index (χ0n) is 8.55. The molecule has 0 aliphatic carbocycles. The van der Waals surface area contributed by atoms with Crippen LogP contribution in [0.15, 0.2) is 36.4 Å². The van der Waals surface area contributed by atoms with Crippen molar-refractivity contribution in [1.82, 2.24) is 0 Å². The van der Waals surface area contributed by atoms with Crippen molar-refractivity contribution in [3.8, 4) is 11.5 Å². The van der Waals surface area contributed by atoms with E-state index in [4.69, 9.17) is 14.2 Å². The maximum Gasteiger partial charge on any atom is 0.269 e. The van der Waals surface area contributed by atoms with Crippen LogP contribution >= 0.6 is 0 Å². The second-order valence-electron chi connectivity index (χ2n) is 4.11. The number of ether oxygens (including phenoxy) is 3. The first kappa shape index (κ1) is 8.42. The standard InChI is InChI=1S/C13H10O3/c1-2-8-6-9-4-5-10(8)11(3-1)16-13(15-9)12-7-14-12/h1-6,12-13H,7H2. The van der Waals surface area contributed by atoms with Gasteiger partial charge < -0.3 is 14.2 Å². The van der Waals surface area contributed by atoms with Crippen LogP contribution in [0.5, 0.6) is 11.5 Å². The third-order valence-corrected chi connectivity index (χ3v) is 2.97. The fourth-order valence-electron chi connectivity index (χ4n) is 2.06. The molecule has 3 aliphatic rings. The van der Waals surface area contributed by atoms with Gasteiger partial charge in [-0.2, -0.15) is 0 Å². The molecule has 0 aromatic heterocycles. The first-order valence-corrected chi connectivity index (χ1v) is 5.38. The van der Waals surface area contributed by atoms with Gasteiger partial charge >= 0.3 is 0 Å². The van der Waals surface area contributed by atoms with Gasteiger partial charge in [-0.05, 0) is 29.7 Å². The maximum atomic E-state index is 5.83. The van der Waals surface area contributed by atoms with Crippen molar-refractivity contribution in [2.45, 2.75) is 12.4 Å². The number of hydrogen-bond acceptors (Lipinski definition) is 3. The minimum Gasteiger partial charge on any atom is -0.452 e. The number of hydrogen-bond donors (Lipinski definition) is 0. The molecule has 2 unspecified atom stereocenters. The Morgan fingerprint density at radius 2 is 2.00 bits per heavy atom. The van der Waals surface area contributed by atoms with Gasteiger partial charge in [0.05, 0.1) is 6.61 Å². The highest BCUT2D eigenvalue weighted by atomic mass is 16.7. The molecule has 0 amide bonds. The third-order valence-electron chi connectivity index (χ3n) is 2.97. The monoisotopic (exact) mass is 214 g/mol. The molecule has 4 bridgehead atoms. The Balaban J connectivity index is 1.93. The molecule has 0 radical (unpaired) electrons. The van der Waals surface area contributed by atoms with Crippen molar-refractivity contribution < 1.29 is 14.2 Å². The summed E-state index contributed by atoms with van der Waals surface area (Å²) >= 11 is 0. The maximum absolute atomic E-state index is 5.83. The van der Waals surface area contributed by atoms with E-state index in [1.54, 1.807) is 0 Å². The second-order valence-corrected chi connectivity index (χ2v) is 4.11. The van der Waals surface area contributed by atoms with Gasteiger partial charge in [-0.1, -0.05) is 12.1 Å². The SMILES string of the molecule is c1cc2c3ccc(cc3c1)OC(C1CO1)O2. The van der Waals surface area contributed by atoms with E-state index >= 15 is 0 Å².